The molecule has 2 aromatic carbocycles. The van der Waals surface area contributed by atoms with Gasteiger partial charge in [0.15, 0.2) is 0 Å². The monoisotopic (exact) mass is 346 g/mol. The molecule has 0 amide bonds. The highest BCUT2D eigenvalue weighted by Gasteiger charge is 2.08. The zero-order chi connectivity index (χ0) is 18.2. The summed E-state index contributed by atoms with van der Waals surface area (Å²) in [5.41, 5.74) is 1.12. The number of ether oxygens (including phenoxy) is 4. The minimum Gasteiger partial charge on any atom is -0.497 e. The summed E-state index contributed by atoms with van der Waals surface area (Å²) in [6.45, 7) is -0.0979. The molecule has 0 saturated carbocycles. The van der Waals surface area contributed by atoms with E-state index in [0.29, 0.717) is 28.4 Å². The molecule has 0 aliphatic rings. The first-order valence-corrected chi connectivity index (χ1v) is 7.46. The summed E-state index contributed by atoms with van der Waals surface area (Å²) < 4.78 is 33.9. The maximum atomic E-state index is 13.3. The predicted molar refractivity (Wildman–Crippen MR) is 91.3 cm³/mol. The molecule has 6 heteroatoms. The molecule has 0 aliphatic heterocycles. The number of rotatable bonds is 7. The fraction of sp³-hybridized carbons (Fsp3) is 0.211. The predicted octanol–water partition coefficient (Wildman–Crippen LogP) is 3.61. The second-order valence-corrected chi connectivity index (χ2v) is 5.01. The molecule has 0 fully saturated rings. The maximum Gasteiger partial charge on any atom is 0.331 e. The van der Waals surface area contributed by atoms with Crippen molar-refractivity contribution in [3.8, 4) is 17.2 Å². The Morgan fingerprint density at radius 2 is 1.72 bits per heavy atom. The first-order valence-electron chi connectivity index (χ1n) is 7.46. The molecule has 0 heterocycles. The molecule has 5 nitrogen and oxygen atoms in total. The van der Waals surface area contributed by atoms with Crippen LogP contribution < -0.4 is 14.2 Å². The summed E-state index contributed by atoms with van der Waals surface area (Å²) >= 11 is 0. The smallest absolute Gasteiger partial charge is 0.331 e. The second-order valence-electron chi connectivity index (χ2n) is 5.01. The highest BCUT2D eigenvalue weighted by Crippen LogP contribution is 2.25. The van der Waals surface area contributed by atoms with Crippen molar-refractivity contribution in [1.82, 2.24) is 0 Å². The third-order valence-electron chi connectivity index (χ3n) is 3.45. The minimum absolute atomic E-state index is 0.0979. The van der Waals surface area contributed by atoms with Crippen LogP contribution in [0, 0.1) is 5.82 Å². The van der Waals surface area contributed by atoms with Crippen molar-refractivity contribution in [1.29, 1.82) is 0 Å². The Hall–Kier alpha value is -3.02. The van der Waals surface area contributed by atoms with Gasteiger partial charge in [-0.15, -0.1) is 0 Å². The summed E-state index contributed by atoms with van der Waals surface area (Å²) in [5, 5.41) is 0. The van der Waals surface area contributed by atoms with Gasteiger partial charge in [0.2, 0.25) is 0 Å². The van der Waals surface area contributed by atoms with Crippen LogP contribution in [0.2, 0.25) is 0 Å². The van der Waals surface area contributed by atoms with E-state index in [-0.39, 0.29) is 6.61 Å². The lowest BCUT2D eigenvalue weighted by atomic mass is 10.1. The fourth-order valence-corrected chi connectivity index (χ4v) is 2.18. The lowest BCUT2D eigenvalue weighted by molar-refractivity contribution is -0.138. The Morgan fingerprint density at radius 3 is 2.40 bits per heavy atom. The summed E-state index contributed by atoms with van der Waals surface area (Å²) in [4.78, 5) is 11.9. The van der Waals surface area contributed by atoms with Crippen LogP contribution >= 0.6 is 0 Å². The molecule has 2 rings (SSSR count). The molecule has 0 saturated heterocycles. The summed E-state index contributed by atoms with van der Waals surface area (Å²) in [5.74, 6) is 0.683. The Bertz CT molecular complexity index is 770. The van der Waals surface area contributed by atoms with Gasteiger partial charge in [0.1, 0.15) is 29.7 Å². The molecule has 2 aromatic rings. The molecule has 0 atom stereocenters. The van der Waals surface area contributed by atoms with Crippen molar-refractivity contribution in [2.45, 2.75) is 6.61 Å². The third kappa shape index (κ3) is 4.97. The fourth-order valence-electron chi connectivity index (χ4n) is 2.18. The third-order valence-corrected chi connectivity index (χ3v) is 3.45. The van der Waals surface area contributed by atoms with Crippen molar-refractivity contribution in [3.63, 3.8) is 0 Å². The van der Waals surface area contributed by atoms with Gasteiger partial charge in [-0.05, 0) is 42.5 Å². The number of hydrogen-bond acceptors (Lipinski definition) is 5. The molecule has 132 valence electrons. The first kappa shape index (κ1) is 18.3. The lowest BCUT2D eigenvalue weighted by Crippen LogP contribution is -2.03. The van der Waals surface area contributed by atoms with Gasteiger partial charge < -0.3 is 18.9 Å². The van der Waals surface area contributed by atoms with E-state index in [9.17, 15) is 9.18 Å². The molecule has 0 bridgehead atoms. The van der Waals surface area contributed by atoms with E-state index >= 15 is 0 Å². The van der Waals surface area contributed by atoms with Crippen LogP contribution in [0.3, 0.4) is 0 Å². The van der Waals surface area contributed by atoms with Gasteiger partial charge in [-0.1, -0.05) is 0 Å². The van der Waals surface area contributed by atoms with Gasteiger partial charge in [-0.3, -0.25) is 0 Å². The van der Waals surface area contributed by atoms with E-state index < -0.39 is 11.8 Å². The van der Waals surface area contributed by atoms with Crippen molar-refractivity contribution in [3.05, 3.63) is 59.4 Å². The van der Waals surface area contributed by atoms with Crippen LogP contribution in [0.5, 0.6) is 17.2 Å². The molecule has 25 heavy (non-hydrogen) atoms. The molecule has 0 aromatic heterocycles. The van der Waals surface area contributed by atoms with Gasteiger partial charge in [-0.2, -0.15) is 0 Å². The Morgan fingerprint density at radius 1 is 1.00 bits per heavy atom. The van der Waals surface area contributed by atoms with Crippen molar-refractivity contribution >= 4 is 12.0 Å². The van der Waals surface area contributed by atoms with Crippen LogP contribution in [-0.4, -0.2) is 27.3 Å². The molecular weight excluding hydrogens is 327 g/mol. The zero-order valence-corrected chi connectivity index (χ0v) is 14.2. The lowest BCUT2D eigenvalue weighted by Gasteiger charge is -2.09. The molecule has 0 spiro atoms. The zero-order valence-electron chi connectivity index (χ0n) is 14.2. The van der Waals surface area contributed by atoms with Gasteiger partial charge in [-0.25, -0.2) is 9.18 Å². The van der Waals surface area contributed by atoms with Crippen LogP contribution in [0.1, 0.15) is 11.1 Å². The van der Waals surface area contributed by atoms with Gasteiger partial charge in [0.25, 0.3) is 0 Å². The van der Waals surface area contributed by atoms with Gasteiger partial charge >= 0.3 is 5.97 Å². The maximum absolute atomic E-state index is 13.3. The van der Waals surface area contributed by atoms with E-state index in [2.05, 4.69) is 0 Å². The molecule has 0 aliphatic carbocycles. The number of carbonyl (C=O) groups excluding carboxylic acids is 1. The first-order chi connectivity index (χ1) is 12.1. The normalized spacial score (nSPS) is 10.6. The Labute approximate surface area is 145 Å². The van der Waals surface area contributed by atoms with Crippen molar-refractivity contribution in [2.75, 3.05) is 21.3 Å². The van der Waals surface area contributed by atoms with E-state index in [1.54, 1.807) is 31.4 Å². The van der Waals surface area contributed by atoms with E-state index in [4.69, 9.17) is 18.9 Å². The van der Waals surface area contributed by atoms with E-state index in [1.807, 2.05) is 0 Å². The average molecular weight is 346 g/mol. The van der Waals surface area contributed by atoms with Gasteiger partial charge in [0, 0.05) is 17.2 Å². The van der Waals surface area contributed by atoms with Crippen molar-refractivity contribution < 1.29 is 28.1 Å². The summed E-state index contributed by atoms with van der Waals surface area (Å²) in [7, 11) is 4.55. The van der Waals surface area contributed by atoms with E-state index in [1.165, 1.54) is 38.5 Å². The highest BCUT2D eigenvalue weighted by molar-refractivity contribution is 5.87. The largest absolute Gasteiger partial charge is 0.497 e. The Kier molecular flexibility index (Phi) is 6.39. The number of methoxy groups -OCH3 is 3. The summed E-state index contributed by atoms with van der Waals surface area (Å²) in [6, 6.07) is 9.25. The Balaban J connectivity index is 2.05. The molecule has 0 N–H and O–H groups in total. The minimum atomic E-state index is -0.573. The standard InChI is InChI=1S/C19H19FO5/c1-22-16-6-8-17(23-2)13(11-16)4-9-19(21)25-12-14-10-15(20)5-7-18(14)24-3/h4-11H,12H2,1-3H3/b9-4+. The topological polar surface area (TPSA) is 54.0 Å². The molecule has 0 unspecified atom stereocenters. The quantitative estimate of drug-likeness (QED) is 0.566. The number of hydrogen-bond donors (Lipinski definition) is 0. The number of carbonyl (C=O) groups is 1. The van der Waals surface area contributed by atoms with Crippen LogP contribution in [0.25, 0.3) is 6.08 Å². The SMILES string of the molecule is COc1ccc(OC)c(/C=C/C(=O)OCc2cc(F)ccc2OC)c1. The molecule has 0 radical (unpaired) electrons. The number of benzene rings is 2. The highest BCUT2D eigenvalue weighted by atomic mass is 19.1. The van der Waals surface area contributed by atoms with Crippen LogP contribution in [0.15, 0.2) is 42.5 Å². The number of halogens is 1. The van der Waals surface area contributed by atoms with E-state index in [0.717, 1.165) is 0 Å². The van der Waals surface area contributed by atoms with Crippen LogP contribution in [0.4, 0.5) is 4.39 Å². The second kappa shape index (κ2) is 8.73. The average Bonchev–Trinajstić information content (AvgIpc) is 2.64. The summed E-state index contributed by atoms with van der Waals surface area (Å²) in [6.07, 6.45) is 2.83. The number of esters is 1. The van der Waals surface area contributed by atoms with Gasteiger partial charge in [0.05, 0.1) is 21.3 Å². The molecular formula is C19H19FO5. The van der Waals surface area contributed by atoms with Crippen molar-refractivity contribution in [2.24, 2.45) is 0 Å². The van der Waals surface area contributed by atoms with Crippen LogP contribution in [-0.2, 0) is 16.1 Å².